The number of aryl methyl sites for hydroxylation is 1. The van der Waals surface area contributed by atoms with Crippen LogP contribution in [0.15, 0.2) is 34.9 Å². The van der Waals surface area contributed by atoms with Crippen molar-refractivity contribution in [3.63, 3.8) is 0 Å². The second kappa shape index (κ2) is 8.47. The van der Waals surface area contributed by atoms with Crippen LogP contribution in [0.2, 0.25) is 0 Å². The molecular weight excluding hydrogens is 337 g/mol. The van der Waals surface area contributed by atoms with E-state index in [1.165, 1.54) is 30.5 Å². The molecule has 1 unspecified atom stereocenters. The number of carbonyl (C=O) groups excluding carboxylic acids is 2. The van der Waals surface area contributed by atoms with Crippen LogP contribution < -0.4 is 16.4 Å². The SMILES string of the molecule is Cc1occc1C(=O)Nc1cc(NC(=O)CC(C)N)ccc1F.Cl. The lowest BCUT2D eigenvalue weighted by molar-refractivity contribution is -0.116. The van der Waals surface area contributed by atoms with E-state index >= 15 is 0 Å². The van der Waals surface area contributed by atoms with Crippen LogP contribution in [0.1, 0.15) is 29.5 Å². The standard InChI is InChI=1S/C16H18FN3O3.ClH/c1-9(18)7-15(21)19-11-3-4-13(17)14(8-11)20-16(22)12-5-6-23-10(12)2;/h3-6,8-9H,7,18H2,1-2H3,(H,19,21)(H,20,22);1H. The second-order valence-corrected chi connectivity index (χ2v) is 5.27. The predicted molar refractivity (Wildman–Crippen MR) is 91.9 cm³/mol. The molecule has 1 aromatic carbocycles. The molecule has 24 heavy (non-hydrogen) atoms. The molecule has 1 aromatic heterocycles. The summed E-state index contributed by atoms with van der Waals surface area (Å²) in [5, 5.41) is 5.06. The lowest BCUT2D eigenvalue weighted by Gasteiger charge is -2.10. The minimum absolute atomic E-state index is 0. The number of nitrogens with one attached hydrogen (secondary N) is 2. The average Bonchev–Trinajstić information content (AvgIpc) is 2.88. The van der Waals surface area contributed by atoms with Gasteiger partial charge in [0.2, 0.25) is 5.91 Å². The summed E-state index contributed by atoms with van der Waals surface area (Å²) in [6.07, 6.45) is 1.53. The lowest BCUT2D eigenvalue weighted by Crippen LogP contribution is -2.24. The summed E-state index contributed by atoms with van der Waals surface area (Å²) in [4.78, 5) is 23.8. The first-order valence-corrected chi connectivity index (χ1v) is 7.07. The van der Waals surface area contributed by atoms with E-state index in [0.717, 1.165) is 0 Å². The number of furan rings is 1. The number of nitrogens with two attached hydrogens (primary N) is 1. The lowest BCUT2D eigenvalue weighted by atomic mass is 10.2. The van der Waals surface area contributed by atoms with E-state index in [-0.39, 0.29) is 36.5 Å². The predicted octanol–water partition coefficient (Wildman–Crippen LogP) is 3.08. The molecule has 2 amide bonds. The summed E-state index contributed by atoms with van der Waals surface area (Å²) in [5.41, 5.74) is 6.20. The molecule has 1 heterocycles. The molecule has 0 bridgehead atoms. The van der Waals surface area contributed by atoms with Gasteiger partial charge in [-0.15, -0.1) is 12.4 Å². The molecule has 0 aliphatic carbocycles. The number of halogens is 2. The quantitative estimate of drug-likeness (QED) is 0.767. The Morgan fingerprint density at radius 2 is 2.00 bits per heavy atom. The van der Waals surface area contributed by atoms with Crippen LogP contribution in [0.25, 0.3) is 0 Å². The Hall–Kier alpha value is -2.38. The number of amides is 2. The summed E-state index contributed by atoms with van der Waals surface area (Å²) >= 11 is 0. The summed E-state index contributed by atoms with van der Waals surface area (Å²) in [7, 11) is 0. The molecular formula is C16H19ClFN3O3. The highest BCUT2D eigenvalue weighted by molar-refractivity contribution is 6.05. The third-order valence-electron chi connectivity index (χ3n) is 3.11. The minimum Gasteiger partial charge on any atom is -0.469 e. The van der Waals surface area contributed by atoms with E-state index < -0.39 is 11.7 Å². The van der Waals surface area contributed by atoms with Crippen molar-refractivity contribution < 1.29 is 18.4 Å². The Labute approximate surface area is 145 Å². The Morgan fingerprint density at radius 3 is 2.58 bits per heavy atom. The summed E-state index contributed by atoms with van der Waals surface area (Å²) in [5.74, 6) is -0.947. The average molecular weight is 356 g/mol. The molecule has 0 aliphatic heterocycles. The smallest absolute Gasteiger partial charge is 0.259 e. The van der Waals surface area contributed by atoms with Crippen molar-refractivity contribution in [3.8, 4) is 0 Å². The van der Waals surface area contributed by atoms with Crippen molar-refractivity contribution in [2.24, 2.45) is 5.73 Å². The highest BCUT2D eigenvalue weighted by atomic mass is 35.5. The molecule has 8 heteroatoms. The third kappa shape index (κ3) is 5.07. The maximum absolute atomic E-state index is 13.8. The van der Waals surface area contributed by atoms with E-state index in [4.69, 9.17) is 10.2 Å². The highest BCUT2D eigenvalue weighted by Crippen LogP contribution is 2.21. The molecule has 0 fully saturated rings. The molecule has 0 saturated heterocycles. The molecule has 0 aliphatic rings. The Kier molecular flexibility index (Phi) is 6.94. The van der Waals surface area contributed by atoms with Crippen LogP contribution >= 0.6 is 12.4 Å². The van der Waals surface area contributed by atoms with Crippen LogP contribution in [0.4, 0.5) is 15.8 Å². The number of benzene rings is 1. The summed E-state index contributed by atoms with van der Waals surface area (Å²) in [6.45, 7) is 3.35. The van der Waals surface area contributed by atoms with E-state index in [1.807, 2.05) is 0 Å². The zero-order valence-electron chi connectivity index (χ0n) is 13.3. The van der Waals surface area contributed by atoms with Crippen molar-refractivity contribution in [1.29, 1.82) is 0 Å². The fraction of sp³-hybridized carbons (Fsp3) is 0.250. The van der Waals surface area contributed by atoms with Gasteiger partial charge in [0.05, 0.1) is 17.5 Å². The molecule has 130 valence electrons. The van der Waals surface area contributed by atoms with Gasteiger partial charge in [0.15, 0.2) is 0 Å². The third-order valence-corrected chi connectivity index (χ3v) is 3.11. The summed E-state index contributed by atoms with van der Waals surface area (Å²) < 4.78 is 18.9. The van der Waals surface area contributed by atoms with Crippen LogP contribution in [0, 0.1) is 12.7 Å². The second-order valence-electron chi connectivity index (χ2n) is 5.27. The van der Waals surface area contributed by atoms with Gasteiger partial charge in [0, 0.05) is 18.2 Å². The minimum atomic E-state index is -0.607. The number of hydrogen-bond donors (Lipinski definition) is 3. The van der Waals surface area contributed by atoms with Gasteiger partial charge in [-0.3, -0.25) is 9.59 Å². The maximum Gasteiger partial charge on any atom is 0.259 e. The topological polar surface area (TPSA) is 97.4 Å². The van der Waals surface area contributed by atoms with Gasteiger partial charge in [0.25, 0.3) is 5.91 Å². The van der Waals surface area contributed by atoms with Crippen molar-refractivity contribution >= 4 is 35.6 Å². The van der Waals surface area contributed by atoms with Gasteiger partial charge in [-0.1, -0.05) is 0 Å². The Balaban J connectivity index is 0.00000288. The summed E-state index contributed by atoms with van der Waals surface area (Å²) in [6, 6.07) is 5.14. The van der Waals surface area contributed by atoms with Gasteiger partial charge in [-0.2, -0.15) is 0 Å². The highest BCUT2D eigenvalue weighted by Gasteiger charge is 2.14. The monoisotopic (exact) mass is 355 g/mol. The van der Waals surface area contributed by atoms with E-state index in [1.54, 1.807) is 13.8 Å². The van der Waals surface area contributed by atoms with Crippen LogP contribution in [-0.2, 0) is 4.79 Å². The number of anilines is 2. The van der Waals surface area contributed by atoms with Gasteiger partial charge >= 0.3 is 0 Å². The van der Waals surface area contributed by atoms with E-state index in [2.05, 4.69) is 10.6 Å². The largest absolute Gasteiger partial charge is 0.469 e. The fourth-order valence-corrected chi connectivity index (χ4v) is 2.01. The fourth-order valence-electron chi connectivity index (χ4n) is 2.01. The van der Waals surface area contributed by atoms with Gasteiger partial charge < -0.3 is 20.8 Å². The molecule has 4 N–H and O–H groups in total. The van der Waals surface area contributed by atoms with Gasteiger partial charge in [-0.25, -0.2) is 4.39 Å². The van der Waals surface area contributed by atoms with Crippen LogP contribution in [0.3, 0.4) is 0 Å². The van der Waals surface area contributed by atoms with Crippen molar-refractivity contribution in [3.05, 3.63) is 47.7 Å². The van der Waals surface area contributed by atoms with Crippen molar-refractivity contribution in [2.45, 2.75) is 26.3 Å². The molecule has 0 radical (unpaired) electrons. The van der Waals surface area contributed by atoms with Crippen molar-refractivity contribution in [2.75, 3.05) is 10.6 Å². The molecule has 0 spiro atoms. The maximum atomic E-state index is 13.8. The van der Waals surface area contributed by atoms with Gasteiger partial charge in [0.1, 0.15) is 11.6 Å². The molecule has 2 rings (SSSR count). The molecule has 6 nitrogen and oxygen atoms in total. The number of rotatable bonds is 5. The zero-order valence-corrected chi connectivity index (χ0v) is 14.1. The Bertz CT molecular complexity index is 731. The first-order chi connectivity index (χ1) is 10.9. The van der Waals surface area contributed by atoms with Gasteiger partial charge in [-0.05, 0) is 38.1 Å². The molecule has 1 atom stereocenters. The van der Waals surface area contributed by atoms with E-state index in [0.29, 0.717) is 17.0 Å². The molecule has 0 saturated carbocycles. The van der Waals surface area contributed by atoms with Crippen LogP contribution in [0.5, 0.6) is 0 Å². The number of carbonyl (C=O) groups is 2. The van der Waals surface area contributed by atoms with E-state index in [9.17, 15) is 14.0 Å². The molecule has 2 aromatic rings. The Morgan fingerprint density at radius 1 is 1.29 bits per heavy atom. The number of hydrogen-bond acceptors (Lipinski definition) is 4. The van der Waals surface area contributed by atoms with Crippen molar-refractivity contribution in [1.82, 2.24) is 0 Å². The first kappa shape index (κ1) is 19.7. The zero-order chi connectivity index (χ0) is 17.0. The van der Waals surface area contributed by atoms with Crippen LogP contribution in [-0.4, -0.2) is 17.9 Å². The normalized spacial score (nSPS) is 11.3. The first-order valence-electron chi connectivity index (χ1n) is 7.07.